The summed E-state index contributed by atoms with van der Waals surface area (Å²) in [5, 5.41) is 9.24. The standard InChI is InChI=1S/C16H22O3/c1-10-4-5-15(14(9-10)16(17)18)19-13-7-11(2)6-12(3)8-13/h4-5,9,11-13H,6-8H2,1-3H3,(H,17,18). The fourth-order valence-corrected chi connectivity index (χ4v) is 3.06. The van der Waals surface area contributed by atoms with Crippen molar-refractivity contribution in [1.29, 1.82) is 0 Å². The molecule has 0 bridgehead atoms. The molecule has 3 heteroatoms. The minimum atomic E-state index is -0.921. The lowest BCUT2D eigenvalue weighted by Gasteiger charge is -2.32. The summed E-state index contributed by atoms with van der Waals surface area (Å²) in [5.74, 6) is 0.875. The Kier molecular flexibility index (Phi) is 4.13. The van der Waals surface area contributed by atoms with Gasteiger partial charge in [0.1, 0.15) is 11.3 Å². The van der Waals surface area contributed by atoms with Crippen molar-refractivity contribution < 1.29 is 14.6 Å². The second kappa shape index (κ2) is 5.64. The average Bonchev–Trinajstić information content (AvgIpc) is 2.30. The molecule has 2 rings (SSSR count). The maximum atomic E-state index is 11.3. The van der Waals surface area contributed by atoms with E-state index in [4.69, 9.17) is 4.74 Å². The van der Waals surface area contributed by atoms with Gasteiger partial charge in [-0.3, -0.25) is 0 Å². The van der Waals surface area contributed by atoms with Crippen LogP contribution in [0.3, 0.4) is 0 Å². The molecule has 1 saturated carbocycles. The zero-order valence-corrected chi connectivity index (χ0v) is 11.8. The highest BCUT2D eigenvalue weighted by atomic mass is 16.5. The van der Waals surface area contributed by atoms with Crippen molar-refractivity contribution in [3.8, 4) is 5.75 Å². The van der Waals surface area contributed by atoms with Gasteiger partial charge in [0.25, 0.3) is 0 Å². The molecule has 0 aromatic heterocycles. The van der Waals surface area contributed by atoms with Gasteiger partial charge in [0.15, 0.2) is 0 Å². The molecule has 0 radical (unpaired) electrons. The number of hydrogen-bond acceptors (Lipinski definition) is 2. The Hall–Kier alpha value is -1.51. The number of carbonyl (C=O) groups is 1. The molecule has 1 aliphatic carbocycles. The van der Waals surface area contributed by atoms with Gasteiger partial charge in [-0.25, -0.2) is 4.79 Å². The molecule has 19 heavy (non-hydrogen) atoms. The molecule has 0 heterocycles. The number of ether oxygens (including phenoxy) is 1. The van der Waals surface area contributed by atoms with Gasteiger partial charge in [0.05, 0.1) is 6.10 Å². The molecule has 0 saturated heterocycles. The molecule has 1 N–H and O–H groups in total. The zero-order valence-electron chi connectivity index (χ0n) is 11.8. The molecule has 2 atom stereocenters. The molecule has 2 unspecified atom stereocenters. The third kappa shape index (κ3) is 3.49. The number of benzene rings is 1. The second-order valence-corrected chi connectivity index (χ2v) is 5.96. The number of carboxylic acids is 1. The Morgan fingerprint density at radius 3 is 2.42 bits per heavy atom. The summed E-state index contributed by atoms with van der Waals surface area (Å²) in [6.07, 6.45) is 3.40. The highest BCUT2D eigenvalue weighted by molar-refractivity contribution is 5.91. The lowest BCUT2D eigenvalue weighted by Crippen LogP contribution is -2.29. The summed E-state index contributed by atoms with van der Waals surface area (Å²) in [7, 11) is 0. The van der Waals surface area contributed by atoms with Crippen LogP contribution in [0.2, 0.25) is 0 Å². The van der Waals surface area contributed by atoms with Crippen LogP contribution >= 0.6 is 0 Å². The number of aryl methyl sites for hydroxylation is 1. The third-order valence-electron chi connectivity index (χ3n) is 3.79. The smallest absolute Gasteiger partial charge is 0.339 e. The van der Waals surface area contributed by atoms with Crippen LogP contribution in [0.15, 0.2) is 18.2 Å². The van der Waals surface area contributed by atoms with Crippen molar-refractivity contribution >= 4 is 5.97 Å². The summed E-state index contributed by atoms with van der Waals surface area (Å²) in [4.78, 5) is 11.3. The highest BCUT2D eigenvalue weighted by Gasteiger charge is 2.26. The molecule has 0 aliphatic heterocycles. The van der Waals surface area contributed by atoms with Gasteiger partial charge >= 0.3 is 5.97 Å². The number of carboxylic acid groups (broad SMARTS) is 1. The monoisotopic (exact) mass is 262 g/mol. The maximum absolute atomic E-state index is 11.3. The van der Waals surface area contributed by atoms with E-state index < -0.39 is 5.97 Å². The predicted octanol–water partition coefficient (Wildman–Crippen LogP) is 3.90. The number of hydrogen-bond donors (Lipinski definition) is 1. The Labute approximate surface area is 114 Å². The largest absolute Gasteiger partial charge is 0.490 e. The van der Waals surface area contributed by atoms with E-state index in [2.05, 4.69) is 13.8 Å². The minimum Gasteiger partial charge on any atom is -0.490 e. The molecule has 3 nitrogen and oxygen atoms in total. The van der Waals surface area contributed by atoms with E-state index in [0.717, 1.165) is 18.4 Å². The van der Waals surface area contributed by atoms with Crippen LogP contribution in [0.25, 0.3) is 0 Å². The fraction of sp³-hybridized carbons (Fsp3) is 0.562. The molecular formula is C16H22O3. The Morgan fingerprint density at radius 1 is 1.21 bits per heavy atom. The number of aromatic carboxylic acids is 1. The van der Waals surface area contributed by atoms with Crippen LogP contribution in [-0.4, -0.2) is 17.2 Å². The van der Waals surface area contributed by atoms with Crippen molar-refractivity contribution in [3.05, 3.63) is 29.3 Å². The molecule has 1 aliphatic rings. The van der Waals surface area contributed by atoms with Gasteiger partial charge in [0, 0.05) is 0 Å². The van der Waals surface area contributed by atoms with Gasteiger partial charge in [0.2, 0.25) is 0 Å². The van der Waals surface area contributed by atoms with E-state index in [9.17, 15) is 9.90 Å². The maximum Gasteiger partial charge on any atom is 0.339 e. The Morgan fingerprint density at radius 2 is 1.84 bits per heavy atom. The quantitative estimate of drug-likeness (QED) is 0.898. The van der Waals surface area contributed by atoms with Crippen molar-refractivity contribution in [3.63, 3.8) is 0 Å². The Bertz CT molecular complexity index is 457. The van der Waals surface area contributed by atoms with Gasteiger partial charge in [-0.15, -0.1) is 0 Å². The van der Waals surface area contributed by atoms with Gasteiger partial charge < -0.3 is 9.84 Å². The first-order chi connectivity index (χ1) is 8.95. The molecule has 0 amide bonds. The molecule has 1 aromatic rings. The summed E-state index contributed by atoms with van der Waals surface area (Å²) in [5.41, 5.74) is 1.21. The normalized spacial score (nSPS) is 27.0. The molecule has 104 valence electrons. The van der Waals surface area contributed by atoms with E-state index in [1.54, 1.807) is 12.1 Å². The lowest BCUT2D eigenvalue weighted by atomic mass is 9.82. The molecule has 1 aromatic carbocycles. The van der Waals surface area contributed by atoms with Crippen LogP contribution in [-0.2, 0) is 0 Å². The summed E-state index contributed by atoms with van der Waals surface area (Å²) >= 11 is 0. The van der Waals surface area contributed by atoms with Crippen molar-refractivity contribution in [2.24, 2.45) is 11.8 Å². The van der Waals surface area contributed by atoms with Crippen molar-refractivity contribution in [2.75, 3.05) is 0 Å². The lowest BCUT2D eigenvalue weighted by molar-refractivity contribution is 0.0676. The van der Waals surface area contributed by atoms with Crippen LogP contribution in [0.1, 0.15) is 49.0 Å². The van der Waals surface area contributed by atoms with Gasteiger partial charge in [-0.1, -0.05) is 25.5 Å². The van der Waals surface area contributed by atoms with E-state index in [0.29, 0.717) is 17.6 Å². The first-order valence-electron chi connectivity index (χ1n) is 6.96. The van der Waals surface area contributed by atoms with Gasteiger partial charge in [-0.05, 0) is 50.2 Å². The SMILES string of the molecule is Cc1ccc(OC2CC(C)CC(C)C2)c(C(=O)O)c1. The summed E-state index contributed by atoms with van der Waals surface area (Å²) in [6, 6.07) is 5.35. The third-order valence-corrected chi connectivity index (χ3v) is 3.79. The average molecular weight is 262 g/mol. The van der Waals surface area contributed by atoms with Crippen molar-refractivity contribution in [1.82, 2.24) is 0 Å². The minimum absolute atomic E-state index is 0.138. The zero-order chi connectivity index (χ0) is 14.0. The topological polar surface area (TPSA) is 46.5 Å². The molecular weight excluding hydrogens is 240 g/mol. The highest BCUT2D eigenvalue weighted by Crippen LogP contribution is 2.32. The fourth-order valence-electron chi connectivity index (χ4n) is 3.06. The van der Waals surface area contributed by atoms with Crippen LogP contribution < -0.4 is 4.74 Å². The van der Waals surface area contributed by atoms with Crippen LogP contribution in [0.5, 0.6) is 5.75 Å². The first kappa shape index (κ1) is 13.9. The summed E-state index contributed by atoms with van der Waals surface area (Å²) in [6.45, 7) is 6.36. The van der Waals surface area contributed by atoms with E-state index >= 15 is 0 Å². The second-order valence-electron chi connectivity index (χ2n) is 5.96. The molecule has 1 fully saturated rings. The van der Waals surface area contributed by atoms with Crippen molar-refractivity contribution in [2.45, 2.75) is 46.1 Å². The predicted molar refractivity (Wildman–Crippen MR) is 74.7 cm³/mol. The van der Waals surface area contributed by atoms with E-state index in [1.807, 2.05) is 13.0 Å². The van der Waals surface area contributed by atoms with Crippen LogP contribution in [0.4, 0.5) is 0 Å². The van der Waals surface area contributed by atoms with Gasteiger partial charge in [-0.2, -0.15) is 0 Å². The Balaban J connectivity index is 2.16. The van der Waals surface area contributed by atoms with E-state index in [-0.39, 0.29) is 11.7 Å². The molecule has 0 spiro atoms. The summed E-state index contributed by atoms with van der Waals surface area (Å²) < 4.78 is 5.96. The number of rotatable bonds is 3. The first-order valence-corrected chi connectivity index (χ1v) is 6.96. The van der Waals surface area contributed by atoms with Crippen LogP contribution in [0, 0.1) is 18.8 Å². The van der Waals surface area contributed by atoms with E-state index in [1.165, 1.54) is 6.42 Å².